The van der Waals surface area contributed by atoms with Gasteiger partial charge in [-0.25, -0.2) is 4.39 Å². The Bertz CT molecular complexity index is 578. The Morgan fingerprint density at radius 2 is 1.76 bits per heavy atom. The van der Waals surface area contributed by atoms with Crippen LogP contribution in [0.25, 0.3) is 11.1 Å². The van der Waals surface area contributed by atoms with Crippen LogP contribution in [0.15, 0.2) is 42.5 Å². The zero-order valence-corrected chi connectivity index (χ0v) is 13.0. The highest BCUT2D eigenvalue weighted by molar-refractivity contribution is 5.65. The first-order chi connectivity index (χ1) is 10.2. The molecule has 2 aromatic rings. The summed E-state index contributed by atoms with van der Waals surface area (Å²) >= 11 is 0. The van der Waals surface area contributed by atoms with Crippen LogP contribution in [-0.4, -0.2) is 6.54 Å². The van der Waals surface area contributed by atoms with E-state index in [-0.39, 0.29) is 5.82 Å². The molecule has 21 heavy (non-hydrogen) atoms. The molecule has 0 aliphatic carbocycles. The van der Waals surface area contributed by atoms with Crippen molar-refractivity contribution in [3.8, 4) is 11.1 Å². The van der Waals surface area contributed by atoms with Gasteiger partial charge >= 0.3 is 0 Å². The molecule has 0 fully saturated rings. The van der Waals surface area contributed by atoms with Crippen molar-refractivity contribution >= 4 is 0 Å². The van der Waals surface area contributed by atoms with Crippen molar-refractivity contribution < 1.29 is 4.39 Å². The van der Waals surface area contributed by atoms with Crippen LogP contribution in [-0.2, 0) is 13.0 Å². The molecule has 2 aromatic carbocycles. The average molecular weight is 285 g/mol. The minimum Gasteiger partial charge on any atom is -0.313 e. The van der Waals surface area contributed by atoms with Gasteiger partial charge in [0.05, 0.1) is 0 Å². The smallest absolute Gasteiger partial charge is 0.127 e. The minimum atomic E-state index is -0.132. The van der Waals surface area contributed by atoms with Crippen LogP contribution >= 0.6 is 0 Å². The number of halogens is 1. The zero-order valence-electron chi connectivity index (χ0n) is 13.0. The SMILES string of the molecule is CCCNCc1cc(-c2cccc(CCC)c2)ccc1F. The predicted molar refractivity (Wildman–Crippen MR) is 87.8 cm³/mol. The normalized spacial score (nSPS) is 10.8. The average Bonchev–Trinajstić information content (AvgIpc) is 2.50. The first-order valence-corrected chi connectivity index (χ1v) is 7.83. The van der Waals surface area contributed by atoms with Gasteiger partial charge in [-0.1, -0.05) is 50.6 Å². The summed E-state index contributed by atoms with van der Waals surface area (Å²) in [6, 6.07) is 13.9. The number of hydrogen-bond acceptors (Lipinski definition) is 1. The van der Waals surface area contributed by atoms with Crippen LogP contribution in [0.4, 0.5) is 4.39 Å². The van der Waals surface area contributed by atoms with E-state index < -0.39 is 0 Å². The Labute approximate surface area is 127 Å². The van der Waals surface area contributed by atoms with Crippen LogP contribution in [0.3, 0.4) is 0 Å². The third kappa shape index (κ3) is 4.40. The molecule has 0 radical (unpaired) electrons. The van der Waals surface area contributed by atoms with Gasteiger partial charge < -0.3 is 5.32 Å². The zero-order chi connectivity index (χ0) is 15.1. The molecule has 0 saturated heterocycles. The second-order valence-corrected chi connectivity index (χ2v) is 5.43. The molecule has 0 saturated carbocycles. The van der Waals surface area contributed by atoms with Crippen molar-refractivity contribution in [2.75, 3.05) is 6.54 Å². The Hall–Kier alpha value is -1.67. The van der Waals surface area contributed by atoms with E-state index in [1.54, 1.807) is 6.07 Å². The minimum absolute atomic E-state index is 0.132. The van der Waals surface area contributed by atoms with Gasteiger partial charge in [-0.2, -0.15) is 0 Å². The molecule has 1 nitrogen and oxygen atoms in total. The fourth-order valence-corrected chi connectivity index (χ4v) is 2.48. The lowest BCUT2D eigenvalue weighted by atomic mass is 9.99. The molecule has 0 aliphatic heterocycles. The molecule has 0 amide bonds. The molecular weight excluding hydrogens is 261 g/mol. The topological polar surface area (TPSA) is 12.0 Å². The van der Waals surface area contributed by atoms with Crippen LogP contribution in [0, 0.1) is 5.82 Å². The van der Waals surface area contributed by atoms with E-state index in [0.29, 0.717) is 6.54 Å². The number of nitrogens with one attached hydrogen (secondary N) is 1. The quantitative estimate of drug-likeness (QED) is 0.710. The Balaban J connectivity index is 2.23. The monoisotopic (exact) mass is 285 g/mol. The summed E-state index contributed by atoms with van der Waals surface area (Å²) in [4.78, 5) is 0. The van der Waals surface area contributed by atoms with E-state index in [1.807, 2.05) is 12.1 Å². The van der Waals surface area contributed by atoms with E-state index in [1.165, 1.54) is 5.56 Å². The molecule has 0 aromatic heterocycles. The molecule has 0 bridgehead atoms. The van der Waals surface area contributed by atoms with Gasteiger partial charge in [0.25, 0.3) is 0 Å². The summed E-state index contributed by atoms with van der Waals surface area (Å²) in [5.74, 6) is -0.132. The Morgan fingerprint density at radius 1 is 0.952 bits per heavy atom. The molecule has 0 unspecified atom stereocenters. The van der Waals surface area contributed by atoms with Crippen LogP contribution in [0.2, 0.25) is 0 Å². The maximum absolute atomic E-state index is 13.9. The number of benzene rings is 2. The van der Waals surface area contributed by atoms with Gasteiger partial charge in [-0.15, -0.1) is 0 Å². The second kappa shape index (κ2) is 7.94. The molecular formula is C19H24FN. The van der Waals surface area contributed by atoms with Crippen molar-refractivity contribution in [1.29, 1.82) is 0 Å². The third-order valence-corrected chi connectivity index (χ3v) is 3.59. The number of aryl methyl sites for hydroxylation is 1. The van der Waals surface area contributed by atoms with Gasteiger partial charge in [0.2, 0.25) is 0 Å². The molecule has 0 heterocycles. The molecule has 0 aliphatic rings. The van der Waals surface area contributed by atoms with Crippen molar-refractivity contribution in [2.45, 2.75) is 39.7 Å². The van der Waals surface area contributed by atoms with Crippen LogP contribution in [0.1, 0.15) is 37.8 Å². The molecule has 112 valence electrons. The largest absolute Gasteiger partial charge is 0.313 e. The van der Waals surface area contributed by atoms with E-state index in [4.69, 9.17) is 0 Å². The fourth-order valence-electron chi connectivity index (χ4n) is 2.48. The van der Waals surface area contributed by atoms with E-state index in [9.17, 15) is 4.39 Å². The molecule has 0 spiro atoms. The van der Waals surface area contributed by atoms with E-state index in [0.717, 1.165) is 42.5 Å². The third-order valence-electron chi connectivity index (χ3n) is 3.59. The predicted octanol–water partition coefficient (Wildman–Crippen LogP) is 4.94. The van der Waals surface area contributed by atoms with Gasteiger partial charge in [-0.05, 0) is 48.2 Å². The maximum Gasteiger partial charge on any atom is 0.127 e. The van der Waals surface area contributed by atoms with Gasteiger partial charge in [0.1, 0.15) is 5.82 Å². The first kappa shape index (κ1) is 15.7. The lowest BCUT2D eigenvalue weighted by Gasteiger charge is -2.09. The van der Waals surface area contributed by atoms with Crippen LogP contribution < -0.4 is 5.32 Å². The van der Waals surface area contributed by atoms with E-state index in [2.05, 4.69) is 43.4 Å². The van der Waals surface area contributed by atoms with Crippen LogP contribution in [0.5, 0.6) is 0 Å². The van der Waals surface area contributed by atoms with Gasteiger partial charge in [0, 0.05) is 12.1 Å². The molecule has 2 heteroatoms. The standard InChI is InChI=1S/C19H24FN/c1-3-6-15-7-5-8-16(12-15)17-9-10-19(20)18(13-17)14-21-11-4-2/h5,7-10,12-13,21H,3-4,6,11,14H2,1-2H3. The fraction of sp³-hybridized carbons (Fsp3) is 0.368. The number of rotatable bonds is 7. The molecule has 2 rings (SSSR count). The van der Waals surface area contributed by atoms with Crippen molar-refractivity contribution in [1.82, 2.24) is 5.32 Å². The van der Waals surface area contributed by atoms with Gasteiger partial charge in [0.15, 0.2) is 0 Å². The Morgan fingerprint density at radius 3 is 2.52 bits per heavy atom. The van der Waals surface area contributed by atoms with E-state index >= 15 is 0 Å². The summed E-state index contributed by atoms with van der Waals surface area (Å²) in [6.45, 7) is 5.79. The Kier molecular flexibility index (Phi) is 5.94. The first-order valence-electron chi connectivity index (χ1n) is 7.83. The highest BCUT2D eigenvalue weighted by Gasteiger charge is 2.05. The lowest BCUT2D eigenvalue weighted by molar-refractivity contribution is 0.587. The maximum atomic E-state index is 13.9. The summed E-state index contributed by atoms with van der Waals surface area (Å²) in [5, 5.41) is 3.26. The molecule has 1 N–H and O–H groups in total. The summed E-state index contributed by atoms with van der Waals surface area (Å²) in [7, 11) is 0. The number of hydrogen-bond donors (Lipinski definition) is 1. The van der Waals surface area contributed by atoms with Crippen molar-refractivity contribution in [2.24, 2.45) is 0 Å². The second-order valence-electron chi connectivity index (χ2n) is 5.43. The van der Waals surface area contributed by atoms with Gasteiger partial charge in [-0.3, -0.25) is 0 Å². The highest BCUT2D eigenvalue weighted by atomic mass is 19.1. The molecule has 0 atom stereocenters. The van der Waals surface area contributed by atoms with Crippen molar-refractivity contribution in [3.05, 3.63) is 59.4 Å². The summed E-state index contributed by atoms with van der Waals surface area (Å²) in [5.41, 5.74) is 4.33. The van der Waals surface area contributed by atoms with Crippen molar-refractivity contribution in [3.63, 3.8) is 0 Å². The lowest BCUT2D eigenvalue weighted by Crippen LogP contribution is -2.14. The summed E-state index contributed by atoms with van der Waals surface area (Å²) in [6.07, 6.45) is 3.28. The highest BCUT2D eigenvalue weighted by Crippen LogP contribution is 2.23. The summed E-state index contributed by atoms with van der Waals surface area (Å²) < 4.78 is 13.9.